The third-order valence-corrected chi connectivity index (χ3v) is 1.06. The second-order valence-corrected chi connectivity index (χ2v) is 2.44. The van der Waals surface area contributed by atoms with E-state index in [1.165, 1.54) is 0 Å². The molecule has 0 spiro atoms. The first-order chi connectivity index (χ1) is 5.27. The zero-order valence-electron chi connectivity index (χ0n) is 7.63. The summed E-state index contributed by atoms with van der Waals surface area (Å²) in [5.41, 5.74) is 0. The van der Waals surface area contributed by atoms with Crippen LogP contribution in [0.2, 0.25) is 0 Å². The Morgan fingerprint density at radius 3 is 2.27 bits per heavy atom. The number of hydrogen-bond acceptors (Lipinski definition) is 3. The molecule has 0 aromatic heterocycles. The van der Waals surface area contributed by atoms with Crippen molar-refractivity contribution in [2.75, 3.05) is 26.6 Å². The van der Waals surface area contributed by atoms with E-state index in [0.29, 0.717) is 20.0 Å². The van der Waals surface area contributed by atoms with Crippen molar-refractivity contribution in [3.63, 3.8) is 0 Å². The van der Waals surface area contributed by atoms with Crippen molar-refractivity contribution in [1.82, 2.24) is 0 Å². The van der Waals surface area contributed by atoms with Gasteiger partial charge in [-0.05, 0) is 20.8 Å². The summed E-state index contributed by atoms with van der Waals surface area (Å²) in [6.07, 6.45) is 0.238. The standard InChI is InChI=1S/C8H18O3/c1-4-9-5-6-10-7-11-8(2)3/h8H,4-7H2,1-3H3. The van der Waals surface area contributed by atoms with Crippen LogP contribution in [0.25, 0.3) is 0 Å². The average Bonchev–Trinajstić information content (AvgIpc) is 1.96. The Balaban J connectivity index is 2.80. The maximum atomic E-state index is 5.14. The van der Waals surface area contributed by atoms with Crippen molar-refractivity contribution < 1.29 is 14.2 Å². The van der Waals surface area contributed by atoms with Gasteiger partial charge in [0.1, 0.15) is 6.79 Å². The molecule has 3 heteroatoms. The maximum Gasteiger partial charge on any atom is 0.147 e. The van der Waals surface area contributed by atoms with Crippen LogP contribution in [0.3, 0.4) is 0 Å². The highest BCUT2D eigenvalue weighted by molar-refractivity contribution is 4.31. The fraction of sp³-hybridized carbons (Fsp3) is 1.00. The molecule has 0 saturated heterocycles. The first-order valence-corrected chi connectivity index (χ1v) is 4.04. The average molecular weight is 162 g/mol. The first-order valence-electron chi connectivity index (χ1n) is 4.04. The Morgan fingerprint density at radius 1 is 1.09 bits per heavy atom. The second kappa shape index (κ2) is 7.98. The monoisotopic (exact) mass is 162 g/mol. The van der Waals surface area contributed by atoms with Crippen molar-refractivity contribution in [1.29, 1.82) is 0 Å². The number of ether oxygens (including phenoxy) is 3. The summed E-state index contributed by atoms with van der Waals surface area (Å²) >= 11 is 0. The molecule has 0 amide bonds. The number of rotatable bonds is 7. The summed E-state index contributed by atoms with van der Waals surface area (Å²) in [5.74, 6) is 0. The van der Waals surface area contributed by atoms with Crippen molar-refractivity contribution in [3.05, 3.63) is 0 Å². The van der Waals surface area contributed by atoms with Crippen LogP contribution in [0.1, 0.15) is 20.8 Å². The molecule has 0 fully saturated rings. The highest BCUT2D eigenvalue weighted by atomic mass is 16.7. The van der Waals surface area contributed by atoms with E-state index in [1.54, 1.807) is 0 Å². The summed E-state index contributed by atoms with van der Waals surface area (Å²) in [4.78, 5) is 0. The van der Waals surface area contributed by atoms with E-state index >= 15 is 0 Å². The molecule has 0 atom stereocenters. The molecule has 0 aliphatic heterocycles. The van der Waals surface area contributed by atoms with Gasteiger partial charge in [-0.15, -0.1) is 0 Å². The molecule has 68 valence electrons. The third kappa shape index (κ3) is 9.88. The van der Waals surface area contributed by atoms with Gasteiger partial charge in [0.2, 0.25) is 0 Å². The molecule has 0 aliphatic carbocycles. The van der Waals surface area contributed by atoms with Crippen LogP contribution < -0.4 is 0 Å². The molecule has 11 heavy (non-hydrogen) atoms. The molecular formula is C8H18O3. The van der Waals surface area contributed by atoms with E-state index in [-0.39, 0.29) is 6.10 Å². The topological polar surface area (TPSA) is 27.7 Å². The Kier molecular flexibility index (Phi) is 7.89. The lowest BCUT2D eigenvalue weighted by Crippen LogP contribution is -2.10. The molecular weight excluding hydrogens is 144 g/mol. The quantitative estimate of drug-likeness (QED) is 0.418. The van der Waals surface area contributed by atoms with E-state index < -0.39 is 0 Å². The molecule has 0 aromatic carbocycles. The van der Waals surface area contributed by atoms with Gasteiger partial charge in [0.05, 0.1) is 19.3 Å². The van der Waals surface area contributed by atoms with Crippen molar-refractivity contribution >= 4 is 0 Å². The Morgan fingerprint density at radius 2 is 1.73 bits per heavy atom. The summed E-state index contributed by atoms with van der Waals surface area (Å²) in [6, 6.07) is 0. The minimum atomic E-state index is 0.238. The van der Waals surface area contributed by atoms with Crippen molar-refractivity contribution in [2.45, 2.75) is 26.9 Å². The van der Waals surface area contributed by atoms with Gasteiger partial charge in [0, 0.05) is 6.61 Å². The fourth-order valence-electron chi connectivity index (χ4n) is 0.505. The third-order valence-electron chi connectivity index (χ3n) is 1.06. The largest absolute Gasteiger partial charge is 0.379 e. The predicted octanol–water partition coefficient (Wildman–Crippen LogP) is 1.42. The molecule has 0 unspecified atom stereocenters. The normalized spacial score (nSPS) is 10.9. The fourth-order valence-corrected chi connectivity index (χ4v) is 0.505. The highest BCUT2D eigenvalue weighted by Gasteiger charge is 1.91. The molecule has 0 bridgehead atoms. The van der Waals surface area contributed by atoms with Gasteiger partial charge in [0.15, 0.2) is 0 Å². The zero-order valence-corrected chi connectivity index (χ0v) is 7.63. The van der Waals surface area contributed by atoms with E-state index in [2.05, 4.69) is 0 Å². The number of hydrogen-bond donors (Lipinski definition) is 0. The van der Waals surface area contributed by atoms with Gasteiger partial charge in [0.25, 0.3) is 0 Å². The summed E-state index contributed by atoms with van der Waals surface area (Å²) in [6.45, 7) is 8.29. The minimum Gasteiger partial charge on any atom is -0.379 e. The van der Waals surface area contributed by atoms with E-state index in [0.717, 1.165) is 6.61 Å². The van der Waals surface area contributed by atoms with Crippen LogP contribution in [0.4, 0.5) is 0 Å². The Bertz CT molecular complexity index is 73.7. The second-order valence-electron chi connectivity index (χ2n) is 2.44. The van der Waals surface area contributed by atoms with Crippen LogP contribution in [0.15, 0.2) is 0 Å². The molecule has 0 aromatic rings. The molecule has 0 saturated carbocycles. The van der Waals surface area contributed by atoms with E-state index in [1.807, 2.05) is 20.8 Å². The molecule has 3 nitrogen and oxygen atoms in total. The lowest BCUT2D eigenvalue weighted by molar-refractivity contribution is -0.0895. The first kappa shape index (κ1) is 10.9. The van der Waals surface area contributed by atoms with Gasteiger partial charge in [-0.25, -0.2) is 0 Å². The summed E-state index contributed by atoms with van der Waals surface area (Å²) in [7, 11) is 0. The van der Waals surface area contributed by atoms with E-state index in [4.69, 9.17) is 14.2 Å². The van der Waals surface area contributed by atoms with Gasteiger partial charge >= 0.3 is 0 Å². The SMILES string of the molecule is CCOCCOCOC(C)C. The Hall–Kier alpha value is -0.120. The lowest BCUT2D eigenvalue weighted by Gasteiger charge is -2.07. The van der Waals surface area contributed by atoms with Crippen molar-refractivity contribution in [2.24, 2.45) is 0 Å². The molecule has 0 aliphatic rings. The minimum absolute atomic E-state index is 0.238. The van der Waals surface area contributed by atoms with Crippen molar-refractivity contribution in [3.8, 4) is 0 Å². The van der Waals surface area contributed by atoms with Gasteiger partial charge < -0.3 is 14.2 Å². The molecule has 0 rings (SSSR count). The van der Waals surface area contributed by atoms with Gasteiger partial charge in [-0.1, -0.05) is 0 Å². The molecule has 0 heterocycles. The van der Waals surface area contributed by atoms with Gasteiger partial charge in [-0.2, -0.15) is 0 Å². The smallest absolute Gasteiger partial charge is 0.147 e. The van der Waals surface area contributed by atoms with Crippen LogP contribution >= 0.6 is 0 Å². The highest BCUT2D eigenvalue weighted by Crippen LogP contribution is 1.87. The van der Waals surface area contributed by atoms with Crippen LogP contribution in [0, 0.1) is 0 Å². The predicted molar refractivity (Wildman–Crippen MR) is 43.5 cm³/mol. The lowest BCUT2D eigenvalue weighted by atomic mass is 10.5. The van der Waals surface area contributed by atoms with E-state index in [9.17, 15) is 0 Å². The maximum absolute atomic E-state index is 5.14. The van der Waals surface area contributed by atoms with Gasteiger partial charge in [-0.3, -0.25) is 0 Å². The van der Waals surface area contributed by atoms with Crippen LogP contribution in [-0.2, 0) is 14.2 Å². The summed E-state index contributed by atoms with van der Waals surface area (Å²) < 4.78 is 15.3. The zero-order chi connectivity index (χ0) is 8.53. The summed E-state index contributed by atoms with van der Waals surface area (Å²) in [5, 5.41) is 0. The Labute approximate surface area is 68.6 Å². The van der Waals surface area contributed by atoms with Crippen LogP contribution in [-0.4, -0.2) is 32.7 Å². The molecule has 0 radical (unpaired) electrons. The van der Waals surface area contributed by atoms with Crippen LogP contribution in [0.5, 0.6) is 0 Å². The molecule has 0 N–H and O–H groups in total.